The Kier molecular flexibility index (Phi) is 7.14. The van der Waals surface area contributed by atoms with Gasteiger partial charge in [-0.25, -0.2) is 4.79 Å². The van der Waals surface area contributed by atoms with Crippen molar-refractivity contribution in [1.29, 1.82) is 0 Å². The first-order chi connectivity index (χ1) is 20.0. The van der Waals surface area contributed by atoms with Crippen LogP contribution in [0.3, 0.4) is 0 Å². The van der Waals surface area contributed by atoms with E-state index in [-0.39, 0.29) is 24.5 Å². The SMILES string of the molecule is CCc1ccccc1NC(=O)N(CC(=O)N1c2ccccc2-n2cccc2C1c1cc(OC)ccc1OC)C1CC1. The number of fused-ring (bicyclic) bond motifs is 3. The highest BCUT2D eigenvalue weighted by atomic mass is 16.5. The van der Waals surface area contributed by atoms with E-state index in [1.807, 2.05) is 90.0 Å². The van der Waals surface area contributed by atoms with Gasteiger partial charge < -0.3 is 24.3 Å². The third kappa shape index (κ3) is 4.90. The quantitative estimate of drug-likeness (QED) is 0.284. The summed E-state index contributed by atoms with van der Waals surface area (Å²) in [5, 5.41) is 3.07. The lowest BCUT2D eigenvalue weighted by Crippen LogP contribution is -2.48. The number of aromatic nitrogens is 1. The summed E-state index contributed by atoms with van der Waals surface area (Å²) in [6.45, 7) is 2.01. The van der Waals surface area contributed by atoms with E-state index in [1.165, 1.54) is 0 Å². The summed E-state index contributed by atoms with van der Waals surface area (Å²) in [5.41, 5.74) is 5.22. The van der Waals surface area contributed by atoms with Crippen LogP contribution < -0.4 is 19.7 Å². The van der Waals surface area contributed by atoms with Crippen molar-refractivity contribution in [2.75, 3.05) is 31.0 Å². The maximum Gasteiger partial charge on any atom is 0.322 e. The first kappa shape index (κ1) is 26.5. The second-order valence-electron chi connectivity index (χ2n) is 10.4. The molecule has 1 aliphatic carbocycles. The number of anilines is 2. The Hall–Kier alpha value is -4.72. The van der Waals surface area contributed by atoms with Gasteiger partial charge in [-0.2, -0.15) is 0 Å². The summed E-state index contributed by atoms with van der Waals surface area (Å²) in [7, 11) is 3.25. The van der Waals surface area contributed by atoms with Crippen molar-refractivity contribution in [3.63, 3.8) is 0 Å². The van der Waals surface area contributed by atoms with E-state index in [1.54, 1.807) is 19.1 Å². The fraction of sp³-hybridized carbons (Fsp3) is 0.273. The molecular formula is C33H34N4O4. The van der Waals surface area contributed by atoms with Crippen LogP contribution in [-0.4, -0.2) is 48.2 Å². The minimum Gasteiger partial charge on any atom is -0.497 e. The molecule has 0 saturated heterocycles. The summed E-state index contributed by atoms with van der Waals surface area (Å²) >= 11 is 0. The number of benzene rings is 3. The lowest BCUT2D eigenvalue weighted by molar-refractivity contribution is -0.119. The fourth-order valence-corrected chi connectivity index (χ4v) is 5.72. The summed E-state index contributed by atoms with van der Waals surface area (Å²) in [4.78, 5) is 31.6. The molecule has 41 heavy (non-hydrogen) atoms. The number of carbonyl (C=O) groups excluding carboxylic acids is 2. The number of rotatable bonds is 8. The Labute approximate surface area is 240 Å². The van der Waals surface area contributed by atoms with Gasteiger partial charge in [0.05, 0.1) is 31.3 Å². The van der Waals surface area contributed by atoms with Crippen LogP contribution in [0.4, 0.5) is 16.2 Å². The number of urea groups is 1. The van der Waals surface area contributed by atoms with Crippen molar-refractivity contribution in [3.8, 4) is 17.2 Å². The fourth-order valence-electron chi connectivity index (χ4n) is 5.72. The van der Waals surface area contributed by atoms with Gasteiger partial charge in [-0.1, -0.05) is 37.3 Å². The van der Waals surface area contributed by atoms with Gasteiger partial charge in [0.2, 0.25) is 5.91 Å². The molecule has 1 aromatic heterocycles. The van der Waals surface area contributed by atoms with Crippen LogP contribution in [0.2, 0.25) is 0 Å². The number of nitrogens with one attached hydrogen (secondary N) is 1. The number of nitrogens with zero attached hydrogens (tertiary/aromatic N) is 3. The Morgan fingerprint density at radius 3 is 2.41 bits per heavy atom. The minimum absolute atomic E-state index is 0.0291. The Bertz CT molecular complexity index is 1590. The van der Waals surface area contributed by atoms with E-state index in [4.69, 9.17) is 9.47 Å². The van der Waals surface area contributed by atoms with Gasteiger partial charge in [0, 0.05) is 23.5 Å². The Morgan fingerprint density at radius 2 is 1.68 bits per heavy atom. The summed E-state index contributed by atoms with van der Waals surface area (Å²) < 4.78 is 13.5. The van der Waals surface area contributed by atoms with E-state index >= 15 is 0 Å². The van der Waals surface area contributed by atoms with Crippen LogP contribution >= 0.6 is 0 Å². The van der Waals surface area contributed by atoms with E-state index in [2.05, 4.69) is 16.8 Å². The maximum atomic E-state index is 14.5. The maximum absolute atomic E-state index is 14.5. The topological polar surface area (TPSA) is 76.0 Å². The van der Waals surface area contributed by atoms with Gasteiger partial charge in [0.25, 0.3) is 0 Å². The van der Waals surface area contributed by atoms with Crippen molar-refractivity contribution >= 4 is 23.3 Å². The van der Waals surface area contributed by atoms with Crippen LogP contribution in [0.5, 0.6) is 11.5 Å². The number of carbonyl (C=O) groups is 2. The average Bonchev–Trinajstić information content (AvgIpc) is 3.73. The minimum atomic E-state index is -0.498. The number of ether oxygens (including phenoxy) is 2. The van der Waals surface area contributed by atoms with Gasteiger partial charge in [-0.15, -0.1) is 0 Å². The predicted octanol–water partition coefficient (Wildman–Crippen LogP) is 6.19. The van der Waals surface area contributed by atoms with Gasteiger partial charge in [-0.05, 0) is 73.4 Å². The number of hydrogen-bond donors (Lipinski definition) is 1. The molecule has 8 heteroatoms. The van der Waals surface area contributed by atoms with Crippen LogP contribution in [0.15, 0.2) is 85.1 Å². The smallest absolute Gasteiger partial charge is 0.322 e. The van der Waals surface area contributed by atoms with Crippen molar-refractivity contribution in [1.82, 2.24) is 9.47 Å². The average molecular weight is 551 g/mol. The van der Waals surface area contributed by atoms with Crippen LogP contribution in [0.25, 0.3) is 5.69 Å². The van der Waals surface area contributed by atoms with Crippen molar-refractivity contribution < 1.29 is 19.1 Å². The standard InChI is InChI=1S/C33H34N4O4/c1-4-22-10-5-6-11-26(22)34-33(39)36(23-15-16-23)21-31(38)37-28-13-8-7-12-27(28)35-19-9-14-29(35)32(37)25-20-24(40-2)17-18-30(25)41-3/h5-14,17-20,23,32H,4,15-16,21H2,1-3H3,(H,34,39). The van der Waals surface area contributed by atoms with E-state index in [0.29, 0.717) is 11.5 Å². The zero-order valence-electron chi connectivity index (χ0n) is 23.5. The zero-order valence-corrected chi connectivity index (χ0v) is 23.5. The molecule has 6 rings (SSSR count). The molecule has 3 amide bonds. The number of aryl methyl sites for hydroxylation is 1. The van der Waals surface area contributed by atoms with Crippen LogP contribution in [-0.2, 0) is 11.2 Å². The van der Waals surface area contributed by atoms with Crippen molar-refractivity contribution in [2.45, 2.75) is 38.3 Å². The largest absolute Gasteiger partial charge is 0.497 e. The Morgan fingerprint density at radius 1 is 0.927 bits per heavy atom. The highest BCUT2D eigenvalue weighted by Crippen LogP contribution is 2.45. The summed E-state index contributed by atoms with van der Waals surface area (Å²) in [5.74, 6) is 1.14. The molecule has 1 unspecified atom stereocenters. The molecule has 0 spiro atoms. The van der Waals surface area contributed by atoms with E-state index in [0.717, 1.165) is 53.1 Å². The summed E-state index contributed by atoms with van der Waals surface area (Å²) in [6.07, 6.45) is 4.56. The number of para-hydroxylation sites is 3. The van der Waals surface area contributed by atoms with Crippen molar-refractivity contribution in [2.24, 2.45) is 0 Å². The molecule has 1 atom stereocenters. The third-order valence-electron chi connectivity index (χ3n) is 7.91. The van der Waals surface area contributed by atoms with Gasteiger partial charge in [0.15, 0.2) is 0 Å². The van der Waals surface area contributed by atoms with Crippen molar-refractivity contribution in [3.05, 3.63) is 102 Å². The number of methoxy groups -OCH3 is 2. The molecule has 1 saturated carbocycles. The first-order valence-electron chi connectivity index (χ1n) is 14.0. The first-order valence-corrected chi connectivity index (χ1v) is 14.0. The van der Waals surface area contributed by atoms with Gasteiger partial charge in [0.1, 0.15) is 24.1 Å². The number of hydrogen-bond acceptors (Lipinski definition) is 4. The third-order valence-corrected chi connectivity index (χ3v) is 7.91. The lowest BCUT2D eigenvalue weighted by Gasteiger charge is -2.40. The van der Waals surface area contributed by atoms with Gasteiger partial charge >= 0.3 is 6.03 Å². The molecule has 0 radical (unpaired) electrons. The van der Waals surface area contributed by atoms with Crippen LogP contribution in [0, 0.1) is 0 Å². The molecule has 2 heterocycles. The number of amides is 3. The highest BCUT2D eigenvalue weighted by Gasteiger charge is 2.41. The molecular weight excluding hydrogens is 516 g/mol. The molecule has 8 nitrogen and oxygen atoms in total. The van der Waals surface area contributed by atoms with Crippen LogP contribution in [0.1, 0.15) is 42.6 Å². The predicted molar refractivity (Wildman–Crippen MR) is 159 cm³/mol. The molecule has 210 valence electrons. The normalized spacial score (nSPS) is 15.5. The highest BCUT2D eigenvalue weighted by molar-refractivity contribution is 6.02. The molecule has 0 bridgehead atoms. The Balaban J connectivity index is 1.40. The van der Waals surface area contributed by atoms with Gasteiger partial charge in [-0.3, -0.25) is 9.69 Å². The molecule has 1 N–H and O–H groups in total. The molecule has 2 aliphatic rings. The monoisotopic (exact) mass is 550 g/mol. The summed E-state index contributed by atoms with van der Waals surface area (Å²) in [6, 6.07) is 24.5. The molecule has 4 aromatic rings. The second-order valence-corrected chi connectivity index (χ2v) is 10.4. The molecule has 3 aromatic carbocycles. The van der Waals surface area contributed by atoms with E-state index in [9.17, 15) is 9.59 Å². The second kappa shape index (κ2) is 11.0. The lowest BCUT2D eigenvalue weighted by atomic mass is 9.96. The van der Waals surface area contributed by atoms with E-state index < -0.39 is 6.04 Å². The molecule has 1 aliphatic heterocycles. The zero-order chi connectivity index (χ0) is 28.5. The molecule has 1 fully saturated rings.